The Hall–Kier alpha value is -3.31. The molecule has 1 amide bonds. The SMILES string of the molecule is Cc1ccc2c(c1)[C@@]1(Oc3ccccc3[C@H]3CC(c4ccc(Cl)cc4)=NN31)C(=O)N2C. The first-order valence-corrected chi connectivity index (χ1v) is 10.7. The van der Waals surface area contributed by atoms with Crippen LogP contribution >= 0.6 is 11.6 Å². The zero-order valence-electron chi connectivity index (χ0n) is 17.2. The van der Waals surface area contributed by atoms with Gasteiger partial charge in [0.1, 0.15) is 5.75 Å². The molecule has 3 aromatic rings. The van der Waals surface area contributed by atoms with Crippen LogP contribution in [-0.2, 0) is 10.5 Å². The fourth-order valence-corrected chi connectivity index (χ4v) is 5.03. The molecule has 154 valence electrons. The highest BCUT2D eigenvalue weighted by molar-refractivity contribution is 6.30. The number of fused-ring (bicyclic) bond motifs is 6. The Kier molecular flexibility index (Phi) is 3.78. The summed E-state index contributed by atoms with van der Waals surface area (Å²) >= 11 is 6.09. The van der Waals surface area contributed by atoms with Gasteiger partial charge in [0, 0.05) is 24.1 Å². The molecule has 3 heterocycles. The Bertz CT molecular complexity index is 1270. The van der Waals surface area contributed by atoms with E-state index in [9.17, 15) is 4.79 Å². The summed E-state index contributed by atoms with van der Waals surface area (Å²) < 4.78 is 6.57. The second kappa shape index (κ2) is 6.34. The highest BCUT2D eigenvalue weighted by Gasteiger charge is 2.62. The van der Waals surface area contributed by atoms with Crippen molar-refractivity contribution >= 4 is 28.9 Å². The summed E-state index contributed by atoms with van der Waals surface area (Å²) in [5.74, 6) is 0.598. The van der Waals surface area contributed by atoms with Gasteiger partial charge in [-0.05, 0) is 42.8 Å². The molecular weight excluding hydrogens is 410 g/mol. The number of nitrogens with zero attached hydrogens (tertiary/aromatic N) is 3. The van der Waals surface area contributed by atoms with Crippen LogP contribution in [0.2, 0.25) is 5.02 Å². The number of likely N-dealkylation sites (N-methyl/N-ethyl adjacent to an activating group) is 1. The van der Waals surface area contributed by atoms with E-state index in [1.165, 1.54) is 0 Å². The predicted molar refractivity (Wildman–Crippen MR) is 121 cm³/mol. The molecule has 6 rings (SSSR count). The summed E-state index contributed by atoms with van der Waals surface area (Å²) in [5, 5.41) is 7.55. The summed E-state index contributed by atoms with van der Waals surface area (Å²) in [5.41, 5.74) is 4.39. The molecule has 5 nitrogen and oxygen atoms in total. The van der Waals surface area contributed by atoms with E-state index in [2.05, 4.69) is 6.07 Å². The Morgan fingerprint density at radius 1 is 1.10 bits per heavy atom. The number of aryl methyl sites for hydroxylation is 1. The number of hydrazone groups is 1. The van der Waals surface area contributed by atoms with E-state index < -0.39 is 5.72 Å². The molecule has 2 atom stereocenters. The number of hydrogen-bond acceptors (Lipinski definition) is 4. The Morgan fingerprint density at radius 2 is 1.87 bits per heavy atom. The molecule has 0 saturated heterocycles. The van der Waals surface area contributed by atoms with Gasteiger partial charge in [-0.3, -0.25) is 4.79 Å². The molecule has 0 saturated carbocycles. The van der Waals surface area contributed by atoms with Crippen LogP contribution < -0.4 is 9.64 Å². The summed E-state index contributed by atoms with van der Waals surface area (Å²) in [6.07, 6.45) is 0.682. The van der Waals surface area contributed by atoms with Crippen molar-refractivity contribution in [1.82, 2.24) is 5.01 Å². The molecule has 0 radical (unpaired) electrons. The molecule has 31 heavy (non-hydrogen) atoms. The maximum absolute atomic E-state index is 13.8. The third kappa shape index (κ3) is 2.44. The van der Waals surface area contributed by atoms with Crippen LogP contribution in [-0.4, -0.2) is 23.7 Å². The van der Waals surface area contributed by atoms with Gasteiger partial charge in [-0.2, -0.15) is 5.10 Å². The van der Waals surface area contributed by atoms with E-state index in [1.54, 1.807) is 11.9 Å². The molecule has 1 spiro atoms. The minimum absolute atomic E-state index is 0.0977. The monoisotopic (exact) mass is 429 g/mol. The molecule has 0 unspecified atom stereocenters. The number of rotatable bonds is 1. The zero-order valence-corrected chi connectivity index (χ0v) is 17.9. The topological polar surface area (TPSA) is 45.1 Å². The smallest absolute Gasteiger partial charge is 0.306 e. The van der Waals surface area contributed by atoms with Crippen LogP contribution in [0.15, 0.2) is 71.8 Å². The van der Waals surface area contributed by atoms with Crippen molar-refractivity contribution in [3.63, 3.8) is 0 Å². The maximum atomic E-state index is 13.8. The van der Waals surface area contributed by atoms with E-state index in [0.717, 1.165) is 39.4 Å². The molecule has 3 aliphatic rings. The number of amides is 1. The summed E-state index contributed by atoms with van der Waals surface area (Å²) in [6, 6.07) is 21.6. The van der Waals surface area contributed by atoms with Crippen molar-refractivity contribution < 1.29 is 9.53 Å². The Morgan fingerprint density at radius 3 is 2.68 bits per heavy atom. The van der Waals surface area contributed by atoms with Crippen molar-refractivity contribution in [1.29, 1.82) is 0 Å². The molecule has 6 heteroatoms. The van der Waals surface area contributed by atoms with Gasteiger partial charge < -0.3 is 9.64 Å². The number of ether oxygens (including phenoxy) is 1. The quantitative estimate of drug-likeness (QED) is 0.545. The van der Waals surface area contributed by atoms with Gasteiger partial charge in [0.05, 0.1) is 23.0 Å². The van der Waals surface area contributed by atoms with Gasteiger partial charge in [0.25, 0.3) is 5.91 Å². The first-order valence-electron chi connectivity index (χ1n) is 10.3. The second-order valence-corrected chi connectivity index (χ2v) is 8.72. The van der Waals surface area contributed by atoms with Crippen molar-refractivity contribution in [3.8, 4) is 5.75 Å². The maximum Gasteiger partial charge on any atom is 0.306 e. The summed E-state index contributed by atoms with van der Waals surface area (Å²) in [6.45, 7) is 2.03. The summed E-state index contributed by atoms with van der Waals surface area (Å²) in [4.78, 5) is 15.4. The molecule has 3 aromatic carbocycles. The fraction of sp³-hybridized carbons (Fsp3) is 0.200. The average molecular weight is 430 g/mol. The zero-order chi connectivity index (χ0) is 21.3. The normalized spacial score (nSPS) is 23.4. The molecule has 0 bridgehead atoms. The van der Waals surface area contributed by atoms with Crippen LogP contribution in [0, 0.1) is 6.92 Å². The van der Waals surface area contributed by atoms with Crippen LogP contribution in [0.25, 0.3) is 0 Å². The highest BCUT2D eigenvalue weighted by atomic mass is 35.5. The van der Waals surface area contributed by atoms with Crippen molar-refractivity contribution in [2.24, 2.45) is 5.10 Å². The van der Waals surface area contributed by atoms with E-state index in [1.807, 2.05) is 72.6 Å². The fourth-order valence-electron chi connectivity index (χ4n) is 4.90. The van der Waals surface area contributed by atoms with Gasteiger partial charge in [-0.25, -0.2) is 5.01 Å². The largest absolute Gasteiger partial charge is 0.453 e. The third-order valence-electron chi connectivity index (χ3n) is 6.42. The number of benzene rings is 3. The number of halogens is 1. The molecule has 0 aromatic heterocycles. The lowest BCUT2D eigenvalue weighted by atomic mass is 9.92. The van der Waals surface area contributed by atoms with Crippen LogP contribution in [0.3, 0.4) is 0 Å². The Balaban J connectivity index is 1.59. The molecule has 0 aliphatic carbocycles. The van der Waals surface area contributed by atoms with Crippen molar-refractivity contribution in [3.05, 3.63) is 94.0 Å². The van der Waals surface area contributed by atoms with E-state index in [4.69, 9.17) is 21.4 Å². The molecule has 0 N–H and O–H groups in total. The Labute approximate surface area is 185 Å². The summed E-state index contributed by atoms with van der Waals surface area (Å²) in [7, 11) is 1.80. The first-order chi connectivity index (χ1) is 15.0. The molecule has 0 fully saturated rings. The average Bonchev–Trinajstić information content (AvgIpc) is 3.31. The number of hydrogen-bond donors (Lipinski definition) is 0. The number of carbonyl (C=O) groups excluding carboxylic acids is 1. The van der Waals surface area contributed by atoms with Crippen molar-refractivity contribution in [2.75, 3.05) is 11.9 Å². The van der Waals surface area contributed by atoms with Gasteiger partial charge in [0.15, 0.2) is 0 Å². The lowest BCUT2D eigenvalue weighted by Crippen LogP contribution is -2.56. The van der Waals surface area contributed by atoms with Crippen molar-refractivity contribution in [2.45, 2.75) is 25.1 Å². The van der Waals surface area contributed by atoms with Gasteiger partial charge in [0.2, 0.25) is 0 Å². The molecular formula is C25H20ClN3O2. The second-order valence-electron chi connectivity index (χ2n) is 8.29. The first kappa shape index (κ1) is 18.5. The number of carbonyl (C=O) groups is 1. The number of para-hydroxylation sites is 1. The minimum atomic E-state index is -1.32. The van der Waals surface area contributed by atoms with E-state index >= 15 is 0 Å². The van der Waals surface area contributed by atoms with E-state index in [0.29, 0.717) is 11.4 Å². The lowest BCUT2D eigenvalue weighted by molar-refractivity contribution is -0.163. The van der Waals surface area contributed by atoms with Gasteiger partial charge in [-0.15, -0.1) is 0 Å². The predicted octanol–water partition coefficient (Wildman–Crippen LogP) is 5.02. The van der Waals surface area contributed by atoms with Gasteiger partial charge in [-0.1, -0.05) is 53.6 Å². The third-order valence-corrected chi connectivity index (χ3v) is 6.67. The minimum Gasteiger partial charge on any atom is -0.453 e. The van der Waals surface area contributed by atoms with E-state index in [-0.39, 0.29) is 11.9 Å². The number of anilines is 1. The van der Waals surface area contributed by atoms with Crippen LogP contribution in [0.4, 0.5) is 5.69 Å². The van der Waals surface area contributed by atoms with Crippen LogP contribution in [0.1, 0.15) is 34.7 Å². The molecule has 3 aliphatic heterocycles. The highest BCUT2D eigenvalue weighted by Crippen LogP contribution is 2.55. The lowest BCUT2D eigenvalue weighted by Gasteiger charge is -2.44. The standard InChI is InChI=1S/C25H20ClN3O2/c1-15-7-12-21-19(13-15)25(24(30)28(21)2)29-22(18-5-3-4-6-23(18)31-25)14-20(27-29)16-8-10-17(26)11-9-16/h3-13,22H,14H2,1-2H3/t22-,25-/m1/s1. The van der Waals surface area contributed by atoms with Crippen LogP contribution in [0.5, 0.6) is 5.75 Å². The van der Waals surface area contributed by atoms with Gasteiger partial charge >= 0.3 is 5.72 Å².